The minimum Gasteiger partial charge on any atom is -0.356 e. The van der Waals surface area contributed by atoms with Crippen LogP contribution in [0.3, 0.4) is 0 Å². The maximum Gasteiger partial charge on any atom is 0.0631 e. The zero-order chi connectivity index (χ0) is 14.5. The summed E-state index contributed by atoms with van der Waals surface area (Å²) < 4.78 is 0. The highest BCUT2D eigenvalue weighted by molar-refractivity contribution is 7.11. The van der Waals surface area contributed by atoms with E-state index in [1.807, 2.05) is 60.8 Å². The molecule has 0 amide bonds. The molecule has 0 spiro atoms. The Morgan fingerprint density at radius 1 is 0.905 bits per heavy atom. The van der Waals surface area contributed by atoms with Gasteiger partial charge in [0.1, 0.15) is 0 Å². The van der Waals surface area contributed by atoms with Crippen LogP contribution in [0.1, 0.15) is 10.4 Å². The van der Waals surface area contributed by atoms with E-state index in [-0.39, 0.29) is 0 Å². The van der Waals surface area contributed by atoms with Crippen molar-refractivity contribution in [1.29, 1.82) is 0 Å². The number of aliphatic imine (C=N–C) groups is 1. The van der Waals surface area contributed by atoms with Crippen molar-refractivity contribution in [2.75, 3.05) is 5.32 Å². The molecule has 3 heteroatoms. The molecule has 104 valence electrons. The van der Waals surface area contributed by atoms with Gasteiger partial charge in [0.05, 0.1) is 5.69 Å². The van der Waals surface area contributed by atoms with Crippen LogP contribution in [0.25, 0.3) is 0 Å². The van der Waals surface area contributed by atoms with E-state index in [0.29, 0.717) is 0 Å². The molecule has 1 aromatic heterocycles. The number of nitrogens with one attached hydrogen (secondary N) is 1. The monoisotopic (exact) mass is 292 g/mol. The number of aryl methyl sites for hydroxylation is 1. The van der Waals surface area contributed by atoms with E-state index >= 15 is 0 Å². The maximum absolute atomic E-state index is 4.52. The van der Waals surface area contributed by atoms with Crippen LogP contribution in [-0.4, -0.2) is 6.21 Å². The van der Waals surface area contributed by atoms with Gasteiger partial charge in [-0.25, -0.2) is 0 Å². The standard InChI is InChI=1S/C18H16N2S/c1-14-11-12-21-18(14)13-19-15-7-9-17(10-8-15)20-16-5-3-2-4-6-16/h2-13,20H,1H3. The number of para-hydroxylation sites is 1. The summed E-state index contributed by atoms with van der Waals surface area (Å²) in [6.45, 7) is 2.10. The minimum absolute atomic E-state index is 0.960. The lowest BCUT2D eigenvalue weighted by Crippen LogP contribution is -1.88. The largest absolute Gasteiger partial charge is 0.356 e. The van der Waals surface area contributed by atoms with Crippen LogP contribution >= 0.6 is 11.3 Å². The van der Waals surface area contributed by atoms with Crippen LogP contribution in [0.2, 0.25) is 0 Å². The normalized spacial score (nSPS) is 10.9. The quantitative estimate of drug-likeness (QED) is 0.626. The molecule has 1 heterocycles. The van der Waals surface area contributed by atoms with Gasteiger partial charge < -0.3 is 5.32 Å². The highest BCUT2D eigenvalue weighted by Gasteiger charge is 1.96. The molecule has 0 aliphatic rings. The molecule has 3 rings (SSSR count). The van der Waals surface area contributed by atoms with Crippen LogP contribution in [0.5, 0.6) is 0 Å². The van der Waals surface area contributed by atoms with Gasteiger partial charge >= 0.3 is 0 Å². The predicted octanol–water partition coefficient (Wildman–Crippen LogP) is 5.55. The van der Waals surface area contributed by atoms with Crippen LogP contribution in [-0.2, 0) is 0 Å². The van der Waals surface area contributed by atoms with Gasteiger partial charge in [0.25, 0.3) is 0 Å². The average Bonchev–Trinajstić information content (AvgIpc) is 2.93. The first-order valence-electron chi connectivity index (χ1n) is 6.81. The van der Waals surface area contributed by atoms with Crippen LogP contribution in [0.4, 0.5) is 17.1 Å². The number of rotatable bonds is 4. The third-order valence-electron chi connectivity index (χ3n) is 3.16. The Kier molecular flexibility index (Phi) is 4.12. The first kappa shape index (κ1) is 13.6. The molecule has 0 fully saturated rings. The van der Waals surface area contributed by atoms with Crippen LogP contribution in [0, 0.1) is 6.92 Å². The highest BCUT2D eigenvalue weighted by Crippen LogP contribution is 2.21. The SMILES string of the molecule is Cc1ccsc1C=Nc1ccc(Nc2ccccc2)cc1. The van der Waals surface area contributed by atoms with Crippen molar-refractivity contribution in [3.05, 3.63) is 76.5 Å². The smallest absolute Gasteiger partial charge is 0.0631 e. The van der Waals surface area contributed by atoms with E-state index < -0.39 is 0 Å². The van der Waals surface area contributed by atoms with Crippen LogP contribution in [0.15, 0.2) is 71.0 Å². The van der Waals surface area contributed by atoms with Crippen molar-refractivity contribution >= 4 is 34.6 Å². The van der Waals surface area contributed by atoms with Gasteiger partial charge in [0, 0.05) is 22.5 Å². The van der Waals surface area contributed by atoms with Gasteiger partial charge in [0.15, 0.2) is 0 Å². The summed E-state index contributed by atoms with van der Waals surface area (Å²) in [4.78, 5) is 5.73. The molecule has 3 aromatic rings. The van der Waals surface area contributed by atoms with Crippen LogP contribution < -0.4 is 5.32 Å². The van der Waals surface area contributed by atoms with E-state index in [1.165, 1.54) is 10.4 Å². The van der Waals surface area contributed by atoms with Gasteiger partial charge in [-0.1, -0.05) is 18.2 Å². The zero-order valence-electron chi connectivity index (χ0n) is 11.8. The van der Waals surface area contributed by atoms with E-state index in [1.54, 1.807) is 11.3 Å². The summed E-state index contributed by atoms with van der Waals surface area (Å²) in [6, 6.07) is 20.4. The molecule has 21 heavy (non-hydrogen) atoms. The van der Waals surface area contributed by atoms with E-state index in [0.717, 1.165) is 17.1 Å². The molecule has 0 unspecified atom stereocenters. The molecule has 0 aliphatic heterocycles. The van der Waals surface area contributed by atoms with Crippen molar-refractivity contribution in [3.63, 3.8) is 0 Å². The maximum atomic E-state index is 4.52. The molecule has 0 atom stereocenters. The molecular formula is C18H16N2S. The van der Waals surface area contributed by atoms with E-state index in [2.05, 4.69) is 28.7 Å². The fraction of sp³-hybridized carbons (Fsp3) is 0.0556. The molecule has 0 aliphatic carbocycles. The van der Waals surface area contributed by atoms with Gasteiger partial charge in [-0.05, 0) is 60.3 Å². The summed E-state index contributed by atoms with van der Waals surface area (Å²) in [5, 5.41) is 5.45. The molecule has 2 aromatic carbocycles. The average molecular weight is 292 g/mol. The molecule has 0 bridgehead atoms. The lowest BCUT2D eigenvalue weighted by atomic mass is 10.2. The van der Waals surface area contributed by atoms with Crippen molar-refractivity contribution in [3.8, 4) is 0 Å². The third-order valence-corrected chi connectivity index (χ3v) is 4.12. The summed E-state index contributed by atoms with van der Waals surface area (Å²) >= 11 is 1.71. The summed E-state index contributed by atoms with van der Waals surface area (Å²) in [5.74, 6) is 0. The van der Waals surface area contributed by atoms with Crippen molar-refractivity contribution < 1.29 is 0 Å². The topological polar surface area (TPSA) is 24.4 Å². The highest BCUT2D eigenvalue weighted by atomic mass is 32.1. The summed E-state index contributed by atoms with van der Waals surface area (Å²) in [6.07, 6.45) is 1.93. The summed E-state index contributed by atoms with van der Waals surface area (Å²) in [7, 11) is 0. The van der Waals surface area contributed by atoms with Crippen molar-refractivity contribution in [1.82, 2.24) is 0 Å². The van der Waals surface area contributed by atoms with Gasteiger partial charge in [0.2, 0.25) is 0 Å². The lowest BCUT2D eigenvalue weighted by Gasteiger charge is -2.05. The van der Waals surface area contributed by atoms with Gasteiger partial charge in [-0.3, -0.25) is 4.99 Å². The molecule has 0 saturated carbocycles. The van der Waals surface area contributed by atoms with Gasteiger partial charge in [-0.2, -0.15) is 0 Å². The minimum atomic E-state index is 0.960. The Bertz CT molecular complexity index is 727. The Balaban J connectivity index is 1.70. The Labute approximate surface area is 128 Å². The second-order valence-corrected chi connectivity index (χ2v) is 5.71. The number of nitrogens with zero attached hydrogens (tertiary/aromatic N) is 1. The Morgan fingerprint density at radius 2 is 1.62 bits per heavy atom. The number of anilines is 2. The lowest BCUT2D eigenvalue weighted by molar-refractivity contribution is 1.49. The summed E-state index contributed by atoms with van der Waals surface area (Å²) in [5.41, 5.74) is 4.38. The van der Waals surface area contributed by atoms with E-state index in [9.17, 15) is 0 Å². The first-order chi connectivity index (χ1) is 10.3. The number of hydrogen-bond acceptors (Lipinski definition) is 3. The predicted molar refractivity (Wildman–Crippen MR) is 92.5 cm³/mol. The molecule has 2 nitrogen and oxygen atoms in total. The Hall–Kier alpha value is -2.39. The molecule has 0 radical (unpaired) electrons. The van der Waals surface area contributed by atoms with Gasteiger partial charge in [-0.15, -0.1) is 11.3 Å². The molecular weight excluding hydrogens is 276 g/mol. The fourth-order valence-corrected chi connectivity index (χ4v) is 2.76. The number of thiophene rings is 1. The molecule has 0 saturated heterocycles. The number of benzene rings is 2. The Morgan fingerprint density at radius 3 is 2.29 bits per heavy atom. The molecule has 1 N–H and O–H groups in total. The fourth-order valence-electron chi connectivity index (χ4n) is 1.97. The third kappa shape index (κ3) is 3.58. The van der Waals surface area contributed by atoms with Crippen molar-refractivity contribution in [2.45, 2.75) is 6.92 Å². The zero-order valence-corrected chi connectivity index (χ0v) is 12.6. The first-order valence-corrected chi connectivity index (χ1v) is 7.69. The van der Waals surface area contributed by atoms with E-state index in [4.69, 9.17) is 0 Å². The second kappa shape index (κ2) is 6.37. The van der Waals surface area contributed by atoms with Crippen molar-refractivity contribution in [2.24, 2.45) is 4.99 Å². The number of hydrogen-bond donors (Lipinski definition) is 1. The second-order valence-electron chi connectivity index (χ2n) is 4.76.